The third-order valence-electron chi connectivity index (χ3n) is 1.75. The monoisotopic (exact) mass is 189 g/mol. The first-order valence-electron chi connectivity index (χ1n) is 4.08. The number of amides is 1. The number of ether oxygens (including phenoxy) is 1. The molecular formula is C8H15NO4. The van der Waals surface area contributed by atoms with E-state index in [4.69, 9.17) is 9.84 Å². The van der Waals surface area contributed by atoms with Gasteiger partial charge in [-0.1, -0.05) is 6.92 Å². The molecule has 1 amide bonds. The lowest BCUT2D eigenvalue weighted by Crippen LogP contribution is -2.44. The molecule has 0 bridgehead atoms. The Bertz CT molecular complexity index is 193. The third-order valence-corrected chi connectivity index (χ3v) is 1.75. The first-order chi connectivity index (χ1) is 6.02. The Balaban J connectivity index is 4.09. The van der Waals surface area contributed by atoms with E-state index in [9.17, 15) is 9.59 Å². The van der Waals surface area contributed by atoms with Gasteiger partial charge in [0, 0.05) is 7.11 Å². The molecular weight excluding hydrogens is 174 g/mol. The van der Waals surface area contributed by atoms with Gasteiger partial charge in [0.25, 0.3) is 0 Å². The second-order valence-corrected chi connectivity index (χ2v) is 2.69. The summed E-state index contributed by atoms with van der Waals surface area (Å²) in [6, 6.07) is -0.829. The number of aliphatic carboxylic acids is 1. The summed E-state index contributed by atoms with van der Waals surface area (Å²) in [6.07, 6.45) is -0.259. The number of methoxy groups -OCH3 is 1. The highest BCUT2D eigenvalue weighted by molar-refractivity contribution is 5.85. The summed E-state index contributed by atoms with van der Waals surface area (Å²) in [6.45, 7) is 3.25. The van der Waals surface area contributed by atoms with Crippen molar-refractivity contribution < 1.29 is 19.4 Å². The molecule has 0 aromatic heterocycles. The number of nitrogens with one attached hydrogen (secondary N) is 1. The zero-order valence-electron chi connectivity index (χ0n) is 8.03. The van der Waals surface area contributed by atoms with E-state index in [-0.39, 0.29) is 0 Å². The maximum Gasteiger partial charge on any atom is 0.326 e. The Morgan fingerprint density at radius 3 is 2.38 bits per heavy atom. The highest BCUT2D eigenvalue weighted by atomic mass is 16.5. The fourth-order valence-electron chi connectivity index (χ4n) is 0.735. The molecule has 0 aromatic rings. The van der Waals surface area contributed by atoms with Crippen LogP contribution in [-0.2, 0) is 14.3 Å². The minimum atomic E-state index is -1.03. The summed E-state index contributed by atoms with van der Waals surface area (Å²) in [7, 11) is 1.39. The van der Waals surface area contributed by atoms with Gasteiger partial charge < -0.3 is 15.2 Å². The molecule has 2 N–H and O–H groups in total. The fourth-order valence-corrected chi connectivity index (χ4v) is 0.735. The average molecular weight is 189 g/mol. The van der Waals surface area contributed by atoms with Gasteiger partial charge in [-0.3, -0.25) is 4.79 Å². The van der Waals surface area contributed by atoms with E-state index >= 15 is 0 Å². The molecule has 5 nitrogen and oxygen atoms in total. The van der Waals surface area contributed by atoms with Crippen LogP contribution in [0.15, 0.2) is 0 Å². The fraction of sp³-hybridized carbons (Fsp3) is 0.750. The number of carbonyl (C=O) groups is 2. The predicted octanol–water partition coefficient (Wildman–Crippen LogP) is 0.000700. The maximum absolute atomic E-state index is 11.1. The Kier molecular flexibility index (Phi) is 5.06. The summed E-state index contributed by atoms with van der Waals surface area (Å²) in [5, 5.41) is 11.0. The first-order valence-corrected chi connectivity index (χ1v) is 4.08. The normalized spacial score (nSPS) is 14.7. The van der Waals surface area contributed by atoms with Crippen LogP contribution >= 0.6 is 0 Å². The molecule has 13 heavy (non-hydrogen) atoms. The third kappa shape index (κ3) is 3.89. The van der Waals surface area contributed by atoms with Gasteiger partial charge in [0.1, 0.15) is 12.1 Å². The van der Waals surface area contributed by atoms with Gasteiger partial charge in [-0.25, -0.2) is 4.79 Å². The Morgan fingerprint density at radius 2 is 2.08 bits per heavy atom. The molecule has 0 aliphatic heterocycles. The van der Waals surface area contributed by atoms with Crippen LogP contribution < -0.4 is 5.32 Å². The van der Waals surface area contributed by atoms with Crippen molar-refractivity contribution in [1.82, 2.24) is 5.32 Å². The van der Waals surface area contributed by atoms with E-state index in [0.29, 0.717) is 6.42 Å². The lowest BCUT2D eigenvalue weighted by atomic mass is 10.2. The van der Waals surface area contributed by atoms with Crippen molar-refractivity contribution >= 4 is 11.9 Å². The van der Waals surface area contributed by atoms with Gasteiger partial charge in [0.05, 0.1) is 0 Å². The van der Waals surface area contributed by atoms with E-state index in [1.54, 1.807) is 13.8 Å². The summed E-state index contributed by atoms with van der Waals surface area (Å²) in [5.74, 6) is -1.43. The van der Waals surface area contributed by atoms with Crippen molar-refractivity contribution in [3.05, 3.63) is 0 Å². The van der Waals surface area contributed by atoms with Crippen LogP contribution in [0.2, 0.25) is 0 Å². The summed E-state index contributed by atoms with van der Waals surface area (Å²) in [5.41, 5.74) is 0. The standard InChI is InChI=1S/C8H15NO4/c1-4-6(8(11)12)9-7(10)5(2)13-3/h5-6H,4H2,1-3H3,(H,9,10)(H,11,12)/t5?,6-/m1/s1. The zero-order chi connectivity index (χ0) is 10.4. The minimum absolute atomic E-state index is 0.359. The van der Waals surface area contributed by atoms with Gasteiger partial charge in [-0.05, 0) is 13.3 Å². The van der Waals surface area contributed by atoms with Gasteiger partial charge in [0.15, 0.2) is 0 Å². The lowest BCUT2D eigenvalue weighted by Gasteiger charge is -2.15. The molecule has 0 aliphatic carbocycles. The molecule has 0 aromatic carbocycles. The molecule has 0 heterocycles. The summed E-state index contributed by atoms with van der Waals surface area (Å²) >= 11 is 0. The molecule has 0 fully saturated rings. The van der Waals surface area contributed by atoms with Crippen molar-refractivity contribution in [3.63, 3.8) is 0 Å². The molecule has 76 valence electrons. The van der Waals surface area contributed by atoms with E-state index in [2.05, 4.69) is 5.32 Å². The van der Waals surface area contributed by atoms with Crippen LogP contribution in [0.3, 0.4) is 0 Å². The topological polar surface area (TPSA) is 75.6 Å². The molecule has 0 spiro atoms. The zero-order valence-corrected chi connectivity index (χ0v) is 8.03. The highest BCUT2D eigenvalue weighted by Crippen LogP contribution is 1.94. The molecule has 0 saturated heterocycles. The molecule has 0 aliphatic rings. The number of carbonyl (C=O) groups excluding carboxylic acids is 1. The van der Waals surface area contributed by atoms with Crippen LogP contribution in [0.1, 0.15) is 20.3 Å². The van der Waals surface area contributed by atoms with Crippen molar-refractivity contribution in [1.29, 1.82) is 0 Å². The molecule has 0 saturated carbocycles. The van der Waals surface area contributed by atoms with Crippen molar-refractivity contribution in [2.45, 2.75) is 32.4 Å². The van der Waals surface area contributed by atoms with E-state index in [1.807, 2.05) is 0 Å². The van der Waals surface area contributed by atoms with E-state index in [1.165, 1.54) is 7.11 Å². The molecule has 0 radical (unpaired) electrons. The molecule has 0 rings (SSSR count). The Morgan fingerprint density at radius 1 is 1.54 bits per heavy atom. The number of rotatable bonds is 5. The van der Waals surface area contributed by atoms with Crippen LogP contribution in [0, 0.1) is 0 Å². The van der Waals surface area contributed by atoms with Crippen LogP contribution in [0.5, 0.6) is 0 Å². The van der Waals surface area contributed by atoms with Gasteiger partial charge in [0.2, 0.25) is 5.91 Å². The number of carboxylic acids is 1. The Labute approximate surface area is 77.1 Å². The lowest BCUT2D eigenvalue weighted by molar-refractivity contribution is -0.143. The average Bonchev–Trinajstić information content (AvgIpc) is 2.11. The number of hydrogen-bond donors (Lipinski definition) is 2. The SMILES string of the molecule is CC[C@@H](NC(=O)C(C)OC)C(=O)O. The molecule has 5 heteroatoms. The predicted molar refractivity (Wildman–Crippen MR) is 46.3 cm³/mol. The van der Waals surface area contributed by atoms with Crippen LogP contribution in [-0.4, -0.2) is 36.2 Å². The van der Waals surface area contributed by atoms with E-state index < -0.39 is 24.0 Å². The summed E-state index contributed by atoms with van der Waals surface area (Å²) < 4.78 is 4.73. The van der Waals surface area contributed by atoms with Gasteiger partial charge >= 0.3 is 5.97 Å². The summed E-state index contributed by atoms with van der Waals surface area (Å²) in [4.78, 5) is 21.7. The van der Waals surface area contributed by atoms with E-state index in [0.717, 1.165) is 0 Å². The molecule has 1 unspecified atom stereocenters. The Hall–Kier alpha value is -1.10. The second kappa shape index (κ2) is 5.53. The van der Waals surface area contributed by atoms with Crippen LogP contribution in [0.25, 0.3) is 0 Å². The van der Waals surface area contributed by atoms with Gasteiger partial charge in [-0.15, -0.1) is 0 Å². The van der Waals surface area contributed by atoms with Crippen molar-refractivity contribution in [2.24, 2.45) is 0 Å². The van der Waals surface area contributed by atoms with Crippen molar-refractivity contribution in [3.8, 4) is 0 Å². The van der Waals surface area contributed by atoms with Crippen LogP contribution in [0.4, 0.5) is 0 Å². The number of hydrogen-bond acceptors (Lipinski definition) is 3. The number of carboxylic acid groups (broad SMARTS) is 1. The van der Waals surface area contributed by atoms with Gasteiger partial charge in [-0.2, -0.15) is 0 Å². The smallest absolute Gasteiger partial charge is 0.326 e. The minimum Gasteiger partial charge on any atom is -0.480 e. The second-order valence-electron chi connectivity index (χ2n) is 2.69. The largest absolute Gasteiger partial charge is 0.480 e. The first kappa shape index (κ1) is 11.9. The maximum atomic E-state index is 11.1. The quantitative estimate of drug-likeness (QED) is 0.638. The molecule has 2 atom stereocenters. The van der Waals surface area contributed by atoms with Crippen molar-refractivity contribution in [2.75, 3.05) is 7.11 Å². The highest BCUT2D eigenvalue weighted by Gasteiger charge is 2.20.